The summed E-state index contributed by atoms with van der Waals surface area (Å²) in [5.41, 5.74) is -0.978. The molecule has 0 amide bonds. The van der Waals surface area contributed by atoms with Crippen LogP contribution in [0, 0.1) is 5.92 Å². The molecule has 1 unspecified atom stereocenters. The summed E-state index contributed by atoms with van der Waals surface area (Å²) in [4.78, 5) is 0. The molecular formula is C9H20O5. The van der Waals surface area contributed by atoms with Crippen LogP contribution < -0.4 is 0 Å². The molecule has 0 aromatic carbocycles. The first-order valence-electron chi connectivity index (χ1n) is 4.60. The average Bonchev–Trinajstić information content (AvgIpc) is 2.03. The molecule has 4 N–H and O–H groups in total. The number of aliphatic hydroxyl groups is 4. The summed E-state index contributed by atoms with van der Waals surface area (Å²) in [7, 11) is 0. The first-order valence-corrected chi connectivity index (χ1v) is 4.60. The van der Waals surface area contributed by atoms with E-state index in [1.54, 1.807) is 20.8 Å². The Morgan fingerprint density at radius 2 is 1.79 bits per heavy atom. The second-order valence-corrected chi connectivity index (χ2v) is 3.98. The first kappa shape index (κ1) is 13.8. The fourth-order valence-corrected chi connectivity index (χ4v) is 1.02. The van der Waals surface area contributed by atoms with Gasteiger partial charge in [-0.2, -0.15) is 0 Å². The van der Waals surface area contributed by atoms with Crippen LogP contribution in [0.3, 0.4) is 0 Å². The molecule has 0 radical (unpaired) electrons. The van der Waals surface area contributed by atoms with E-state index in [0.717, 1.165) is 0 Å². The molecule has 0 aromatic rings. The summed E-state index contributed by atoms with van der Waals surface area (Å²) < 4.78 is 5.03. The minimum atomic E-state index is -1.56. The van der Waals surface area contributed by atoms with Crippen LogP contribution in [0.25, 0.3) is 0 Å². The first-order chi connectivity index (χ1) is 6.29. The Hall–Kier alpha value is -0.200. The SMILES string of the molecule is C[C@@H](C(CO)OCC(O)O)C(C)(C)O. The van der Waals surface area contributed by atoms with Gasteiger partial charge < -0.3 is 25.2 Å². The molecular weight excluding hydrogens is 188 g/mol. The third kappa shape index (κ3) is 4.88. The molecule has 86 valence electrons. The summed E-state index contributed by atoms with van der Waals surface area (Å²) in [6.07, 6.45) is -2.16. The van der Waals surface area contributed by atoms with E-state index in [9.17, 15) is 5.11 Å². The van der Waals surface area contributed by atoms with Crippen molar-refractivity contribution >= 4 is 0 Å². The fraction of sp³-hybridized carbons (Fsp3) is 1.00. The van der Waals surface area contributed by atoms with Gasteiger partial charge in [0.05, 0.1) is 24.9 Å². The maximum Gasteiger partial charge on any atom is 0.175 e. The minimum absolute atomic E-state index is 0.266. The van der Waals surface area contributed by atoms with Crippen molar-refractivity contribution in [2.45, 2.75) is 38.8 Å². The lowest BCUT2D eigenvalue weighted by molar-refractivity contribution is -0.147. The third-order valence-electron chi connectivity index (χ3n) is 2.31. The Kier molecular flexibility index (Phi) is 5.54. The highest BCUT2D eigenvalue weighted by molar-refractivity contribution is 4.80. The molecule has 0 aliphatic rings. The maximum atomic E-state index is 9.64. The van der Waals surface area contributed by atoms with Crippen LogP contribution in [0.4, 0.5) is 0 Å². The Bertz CT molecular complexity index is 152. The van der Waals surface area contributed by atoms with Crippen molar-refractivity contribution in [1.82, 2.24) is 0 Å². The normalized spacial score (nSPS) is 17.1. The van der Waals surface area contributed by atoms with Crippen molar-refractivity contribution in [3.8, 4) is 0 Å². The lowest BCUT2D eigenvalue weighted by Crippen LogP contribution is -2.41. The maximum absolute atomic E-state index is 9.64. The highest BCUT2D eigenvalue weighted by atomic mass is 16.6. The number of ether oxygens (including phenoxy) is 1. The van der Waals surface area contributed by atoms with Crippen molar-refractivity contribution < 1.29 is 25.2 Å². The van der Waals surface area contributed by atoms with Gasteiger partial charge in [-0.3, -0.25) is 0 Å². The molecule has 5 nitrogen and oxygen atoms in total. The zero-order chi connectivity index (χ0) is 11.4. The van der Waals surface area contributed by atoms with Crippen LogP contribution >= 0.6 is 0 Å². The smallest absolute Gasteiger partial charge is 0.175 e. The zero-order valence-corrected chi connectivity index (χ0v) is 8.84. The van der Waals surface area contributed by atoms with Crippen LogP contribution in [-0.2, 0) is 4.74 Å². The molecule has 0 fully saturated rings. The molecule has 14 heavy (non-hydrogen) atoms. The second kappa shape index (κ2) is 5.63. The van der Waals surface area contributed by atoms with Gasteiger partial charge in [-0.25, -0.2) is 0 Å². The summed E-state index contributed by atoms with van der Waals surface area (Å²) in [6.45, 7) is 4.41. The van der Waals surface area contributed by atoms with E-state index in [0.29, 0.717) is 0 Å². The fourth-order valence-electron chi connectivity index (χ4n) is 1.02. The number of hydrogen-bond donors (Lipinski definition) is 4. The van der Waals surface area contributed by atoms with Gasteiger partial charge in [0, 0.05) is 5.92 Å². The largest absolute Gasteiger partial charge is 0.394 e. The Morgan fingerprint density at radius 1 is 1.29 bits per heavy atom. The van der Waals surface area contributed by atoms with Crippen LogP contribution in [-0.4, -0.2) is 51.6 Å². The van der Waals surface area contributed by atoms with Crippen LogP contribution in [0.5, 0.6) is 0 Å². The van der Waals surface area contributed by atoms with E-state index in [2.05, 4.69) is 0 Å². The molecule has 0 rings (SSSR count). The predicted molar refractivity (Wildman–Crippen MR) is 50.5 cm³/mol. The average molecular weight is 208 g/mol. The highest BCUT2D eigenvalue weighted by Crippen LogP contribution is 2.21. The zero-order valence-electron chi connectivity index (χ0n) is 8.84. The standard InChI is InChI=1S/C9H20O5/c1-6(9(2,3)13)7(4-10)14-5-8(11)12/h6-8,10-13H,4-5H2,1-3H3/t6-,7?/m0/s1. The van der Waals surface area contributed by atoms with Crippen molar-refractivity contribution in [1.29, 1.82) is 0 Å². The molecule has 0 saturated carbocycles. The molecule has 0 bridgehead atoms. The minimum Gasteiger partial charge on any atom is -0.394 e. The Balaban J connectivity index is 4.13. The van der Waals surface area contributed by atoms with Gasteiger partial charge in [0.1, 0.15) is 0 Å². The number of rotatable bonds is 6. The van der Waals surface area contributed by atoms with Crippen molar-refractivity contribution in [2.24, 2.45) is 5.92 Å². The predicted octanol–water partition coefficient (Wildman–Crippen LogP) is -0.918. The third-order valence-corrected chi connectivity index (χ3v) is 2.31. The van der Waals surface area contributed by atoms with Crippen LogP contribution in [0.1, 0.15) is 20.8 Å². The summed E-state index contributed by atoms with van der Waals surface area (Å²) in [5, 5.41) is 35.7. The van der Waals surface area contributed by atoms with Gasteiger partial charge in [-0.05, 0) is 13.8 Å². The quantitative estimate of drug-likeness (QED) is 0.424. The lowest BCUT2D eigenvalue weighted by atomic mass is 9.88. The topological polar surface area (TPSA) is 90.2 Å². The van der Waals surface area contributed by atoms with Gasteiger partial charge in [-0.1, -0.05) is 6.92 Å². The van der Waals surface area contributed by atoms with E-state index in [4.69, 9.17) is 20.1 Å². The van der Waals surface area contributed by atoms with Gasteiger partial charge in [0.15, 0.2) is 6.29 Å². The van der Waals surface area contributed by atoms with E-state index in [-0.39, 0.29) is 19.1 Å². The number of aliphatic hydroxyl groups excluding tert-OH is 2. The Labute approximate surface area is 83.9 Å². The molecule has 2 atom stereocenters. The highest BCUT2D eigenvalue weighted by Gasteiger charge is 2.30. The molecule has 0 aromatic heterocycles. The molecule has 0 saturated heterocycles. The van der Waals surface area contributed by atoms with E-state index >= 15 is 0 Å². The summed E-state index contributed by atoms with van der Waals surface area (Å²) in [6, 6.07) is 0. The lowest BCUT2D eigenvalue weighted by Gasteiger charge is -2.32. The van der Waals surface area contributed by atoms with Gasteiger partial charge in [0.25, 0.3) is 0 Å². The summed E-state index contributed by atoms with van der Waals surface area (Å²) >= 11 is 0. The Morgan fingerprint density at radius 3 is 2.07 bits per heavy atom. The molecule has 0 aliphatic heterocycles. The van der Waals surface area contributed by atoms with Crippen molar-refractivity contribution in [2.75, 3.05) is 13.2 Å². The van der Waals surface area contributed by atoms with Gasteiger partial charge in [0.2, 0.25) is 0 Å². The van der Waals surface area contributed by atoms with Crippen molar-refractivity contribution in [3.63, 3.8) is 0 Å². The van der Waals surface area contributed by atoms with Crippen molar-refractivity contribution in [3.05, 3.63) is 0 Å². The van der Waals surface area contributed by atoms with E-state index in [1.807, 2.05) is 0 Å². The molecule has 0 heterocycles. The van der Waals surface area contributed by atoms with Crippen LogP contribution in [0.15, 0.2) is 0 Å². The number of hydrogen-bond acceptors (Lipinski definition) is 5. The van der Waals surface area contributed by atoms with Gasteiger partial charge >= 0.3 is 0 Å². The van der Waals surface area contributed by atoms with E-state index < -0.39 is 18.0 Å². The monoisotopic (exact) mass is 208 g/mol. The van der Waals surface area contributed by atoms with E-state index in [1.165, 1.54) is 0 Å². The van der Waals surface area contributed by atoms with Gasteiger partial charge in [-0.15, -0.1) is 0 Å². The summed E-state index contributed by atoms with van der Waals surface area (Å²) in [5.74, 6) is -0.300. The van der Waals surface area contributed by atoms with Crippen LogP contribution in [0.2, 0.25) is 0 Å². The molecule has 0 aliphatic carbocycles. The second-order valence-electron chi connectivity index (χ2n) is 3.98. The molecule has 0 spiro atoms. The molecule has 5 heteroatoms.